The molecule has 0 heterocycles. The molecule has 4 nitrogen and oxygen atoms in total. The molecule has 0 aliphatic carbocycles. The standard InChI is InChI=1S/C15H22N2O2S/c1-4-6-14-12(7-8-16)9-13(11(3)5-2)10-15(14)20(17,18)19/h9-11H,4-7H2,1-3H3,(H2,17,18,19). The topological polar surface area (TPSA) is 83.9 Å². The van der Waals surface area contributed by atoms with Crippen molar-refractivity contribution in [3.8, 4) is 6.07 Å². The molecule has 0 amide bonds. The van der Waals surface area contributed by atoms with Crippen LogP contribution in [0.2, 0.25) is 0 Å². The van der Waals surface area contributed by atoms with Gasteiger partial charge in [0.2, 0.25) is 10.0 Å². The van der Waals surface area contributed by atoms with Crippen LogP contribution in [0.25, 0.3) is 0 Å². The molecule has 1 aromatic rings. The highest BCUT2D eigenvalue weighted by Crippen LogP contribution is 2.28. The maximum atomic E-state index is 11.8. The van der Waals surface area contributed by atoms with Gasteiger partial charge in [0.15, 0.2) is 0 Å². The Hall–Kier alpha value is -1.38. The van der Waals surface area contributed by atoms with Crippen LogP contribution in [0.3, 0.4) is 0 Å². The fraction of sp³-hybridized carbons (Fsp3) is 0.533. The summed E-state index contributed by atoms with van der Waals surface area (Å²) in [5, 5.41) is 14.3. The number of nitrogens with zero attached hydrogens (tertiary/aromatic N) is 1. The molecule has 1 atom stereocenters. The molecule has 0 spiro atoms. The van der Waals surface area contributed by atoms with E-state index in [-0.39, 0.29) is 17.2 Å². The van der Waals surface area contributed by atoms with E-state index in [2.05, 4.69) is 6.07 Å². The Morgan fingerprint density at radius 3 is 2.45 bits per heavy atom. The molecule has 0 saturated heterocycles. The van der Waals surface area contributed by atoms with Crippen LogP contribution in [0.1, 0.15) is 56.2 Å². The van der Waals surface area contributed by atoms with E-state index in [9.17, 15) is 8.42 Å². The van der Waals surface area contributed by atoms with Crippen LogP contribution in [-0.2, 0) is 22.9 Å². The molecular weight excluding hydrogens is 272 g/mol. The summed E-state index contributed by atoms with van der Waals surface area (Å²) in [6.45, 7) is 6.06. The molecule has 0 fully saturated rings. The summed E-state index contributed by atoms with van der Waals surface area (Å²) in [5.41, 5.74) is 2.42. The Morgan fingerprint density at radius 1 is 1.35 bits per heavy atom. The first kappa shape index (κ1) is 16.7. The molecule has 0 radical (unpaired) electrons. The van der Waals surface area contributed by atoms with Gasteiger partial charge in [-0.25, -0.2) is 13.6 Å². The van der Waals surface area contributed by atoms with Gasteiger partial charge in [0.25, 0.3) is 0 Å². The van der Waals surface area contributed by atoms with Crippen molar-refractivity contribution in [2.24, 2.45) is 5.14 Å². The third kappa shape index (κ3) is 3.81. The molecule has 5 heteroatoms. The molecular formula is C15H22N2O2S. The van der Waals surface area contributed by atoms with Gasteiger partial charge >= 0.3 is 0 Å². The zero-order valence-corrected chi connectivity index (χ0v) is 13.1. The lowest BCUT2D eigenvalue weighted by atomic mass is 9.92. The first-order valence-corrected chi connectivity index (χ1v) is 8.45. The zero-order valence-electron chi connectivity index (χ0n) is 12.3. The second kappa shape index (κ2) is 6.87. The van der Waals surface area contributed by atoms with E-state index in [1.165, 1.54) is 0 Å². The Labute approximate surface area is 121 Å². The molecule has 2 N–H and O–H groups in total. The first-order chi connectivity index (χ1) is 9.35. The quantitative estimate of drug-likeness (QED) is 0.875. The Morgan fingerprint density at radius 2 is 2.00 bits per heavy atom. The van der Waals surface area contributed by atoms with Gasteiger partial charge in [-0.2, -0.15) is 5.26 Å². The van der Waals surface area contributed by atoms with Crippen LogP contribution in [0.4, 0.5) is 0 Å². The largest absolute Gasteiger partial charge is 0.238 e. The van der Waals surface area contributed by atoms with Gasteiger partial charge in [0.1, 0.15) is 0 Å². The van der Waals surface area contributed by atoms with Gasteiger partial charge in [-0.3, -0.25) is 0 Å². The highest BCUT2D eigenvalue weighted by atomic mass is 32.2. The number of hydrogen-bond acceptors (Lipinski definition) is 3. The Balaban J connectivity index is 3.59. The summed E-state index contributed by atoms with van der Waals surface area (Å²) < 4.78 is 23.7. The van der Waals surface area contributed by atoms with Gasteiger partial charge in [-0.1, -0.05) is 33.3 Å². The molecule has 0 saturated carbocycles. The van der Waals surface area contributed by atoms with E-state index in [1.807, 2.05) is 26.8 Å². The fourth-order valence-corrected chi connectivity index (χ4v) is 3.15. The third-order valence-corrected chi connectivity index (χ3v) is 4.56. The normalized spacial score (nSPS) is 12.9. The van der Waals surface area contributed by atoms with Crippen LogP contribution >= 0.6 is 0 Å². The summed E-state index contributed by atoms with van der Waals surface area (Å²) in [7, 11) is -3.77. The number of nitriles is 1. The predicted molar refractivity (Wildman–Crippen MR) is 79.8 cm³/mol. The van der Waals surface area contributed by atoms with Crippen LogP contribution in [0.15, 0.2) is 17.0 Å². The predicted octanol–water partition coefficient (Wildman–Crippen LogP) is 2.87. The molecule has 1 rings (SSSR count). The maximum Gasteiger partial charge on any atom is 0.238 e. The van der Waals surface area contributed by atoms with Crippen molar-refractivity contribution in [1.29, 1.82) is 5.26 Å². The van der Waals surface area contributed by atoms with Crippen molar-refractivity contribution in [2.45, 2.75) is 57.3 Å². The molecule has 0 bridgehead atoms. The maximum absolute atomic E-state index is 11.8. The van der Waals surface area contributed by atoms with E-state index in [1.54, 1.807) is 6.07 Å². The van der Waals surface area contributed by atoms with Crippen LogP contribution < -0.4 is 5.14 Å². The molecule has 0 aliphatic heterocycles. The third-order valence-electron chi connectivity index (χ3n) is 3.58. The second-order valence-corrected chi connectivity index (χ2v) is 6.63. The SMILES string of the molecule is CCCc1c(CC#N)cc(C(C)CC)cc1S(N)(=O)=O. The lowest BCUT2D eigenvalue weighted by molar-refractivity contribution is 0.595. The van der Waals surface area contributed by atoms with E-state index in [4.69, 9.17) is 10.4 Å². The summed E-state index contributed by atoms with van der Waals surface area (Å²) in [4.78, 5) is 0.183. The highest BCUT2D eigenvalue weighted by Gasteiger charge is 2.19. The number of benzene rings is 1. The summed E-state index contributed by atoms with van der Waals surface area (Å²) in [6, 6.07) is 5.74. The van der Waals surface area contributed by atoms with Crippen molar-refractivity contribution in [2.75, 3.05) is 0 Å². The summed E-state index contributed by atoms with van der Waals surface area (Å²) >= 11 is 0. The van der Waals surface area contributed by atoms with E-state index in [0.29, 0.717) is 12.0 Å². The number of sulfonamides is 1. The average Bonchev–Trinajstić information content (AvgIpc) is 2.38. The smallest absolute Gasteiger partial charge is 0.225 e. The van der Waals surface area contributed by atoms with Crippen molar-refractivity contribution < 1.29 is 8.42 Å². The van der Waals surface area contributed by atoms with Crippen molar-refractivity contribution >= 4 is 10.0 Å². The zero-order chi connectivity index (χ0) is 15.3. The minimum atomic E-state index is -3.77. The molecule has 1 unspecified atom stereocenters. The van der Waals surface area contributed by atoms with Crippen LogP contribution in [-0.4, -0.2) is 8.42 Å². The van der Waals surface area contributed by atoms with E-state index >= 15 is 0 Å². The second-order valence-electron chi connectivity index (χ2n) is 5.10. The number of primary sulfonamides is 1. The minimum absolute atomic E-state index is 0.183. The Kier molecular flexibility index (Phi) is 5.73. The van der Waals surface area contributed by atoms with Crippen LogP contribution in [0, 0.1) is 11.3 Å². The minimum Gasteiger partial charge on any atom is -0.225 e. The number of hydrogen-bond donors (Lipinski definition) is 1. The van der Waals surface area contributed by atoms with Crippen LogP contribution in [0.5, 0.6) is 0 Å². The van der Waals surface area contributed by atoms with E-state index < -0.39 is 10.0 Å². The van der Waals surface area contributed by atoms with Gasteiger partial charge in [-0.15, -0.1) is 0 Å². The van der Waals surface area contributed by atoms with E-state index in [0.717, 1.165) is 24.0 Å². The Bertz CT molecular complexity index is 615. The number of rotatable bonds is 6. The molecule has 0 aliphatic rings. The molecule has 110 valence electrons. The van der Waals surface area contributed by atoms with Crippen molar-refractivity contribution in [3.05, 3.63) is 28.8 Å². The van der Waals surface area contributed by atoms with Gasteiger partial charge in [0.05, 0.1) is 17.4 Å². The van der Waals surface area contributed by atoms with Crippen molar-refractivity contribution in [3.63, 3.8) is 0 Å². The molecule has 20 heavy (non-hydrogen) atoms. The summed E-state index contributed by atoms with van der Waals surface area (Å²) in [6.07, 6.45) is 2.54. The monoisotopic (exact) mass is 294 g/mol. The van der Waals surface area contributed by atoms with Gasteiger partial charge in [-0.05, 0) is 41.5 Å². The average molecular weight is 294 g/mol. The lowest BCUT2D eigenvalue weighted by Crippen LogP contribution is -2.17. The summed E-state index contributed by atoms with van der Waals surface area (Å²) in [5.74, 6) is 0.239. The molecule has 0 aromatic heterocycles. The van der Waals surface area contributed by atoms with Gasteiger partial charge in [0, 0.05) is 0 Å². The van der Waals surface area contributed by atoms with Crippen molar-refractivity contribution in [1.82, 2.24) is 0 Å². The molecule has 1 aromatic carbocycles. The highest BCUT2D eigenvalue weighted by molar-refractivity contribution is 7.89. The fourth-order valence-electron chi connectivity index (χ4n) is 2.28. The first-order valence-electron chi connectivity index (χ1n) is 6.90. The lowest BCUT2D eigenvalue weighted by Gasteiger charge is -2.17. The number of nitrogens with two attached hydrogens (primary N) is 1. The van der Waals surface area contributed by atoms with Gasteiger partial charge < -0.3 is 0 Å².